The van der Waals surface area contributed by atoms with Crippen molar-refractivity contribution >= 4 is 33.2 Å². The first kappa shape index (κ1) is 16.9. The van der Waals surface area contributed by atoms with Gasteiger partial charge < -0.3 is 9.84 Å². The molecule has 124 valence electrons. The number of benzene rings is 1. The van der Waals surface area contributed by atoms with E-state index in [0.29, 0.717) is 16.6 Å². The topological polar surface area (TPSA) is 68.0 Å². The minimum absolute atomic E-state index is 0.157. The minimum Gasteiger partial charge on any atom is -0.340 e. The maximum atomic E-state index is 12.5. The van der Waals surface area contributed by atoms with Gasteiger partial charge in [0.1, 0.15) is 0 Å². The summed E-state index contributed by atoms with van der Waals surface area (Å²) < 4.78 is 6.02. The molecule has 0 aliphatic rings. The van der Waals surface area contributed by atoms with Crippen LogP contribution >= 0.6 is 27.3 Å². The van der Waals surface area contributed by atoms with Crippen molar-refractivity contribution in [3.05, 3.63) is 57.5 Å². The van der Waals surface area contributed by atoms with Crippen LogP contribution in [0.2, 0.25) is 0 Å². The van der Waals surface area contributed by atoms with Crippen molar-refractivity contribution < 1.29 is 9.32 Å². The van der Waals surface area contributed by atoms with E-state index in [9.17, 15) is 4.79 Å². The van der Waals surface area contributed by atoms with Crippen molar-refractivity contribution in [1.82, 2.24) is 15.5 Å². The fourth-order valence-corrected chi connectivity index (χ4v) is 3.35. The Kier molecular flexibility index (Phi) is 4.56. The third-order valence-electron chi connectivity index (χ3n) is 3.47. The van der Waals surface area contributed by atoms with Crippen molar-refractivity contribution in [2.75, 3.05) is 0 Å². The molecule has 2 heterocycles. The van der Waals surface area contributed by atoms with E-state index in [-0.39, 0.29) is 5.91 Å². The molecular formula is C17H16BrN3O2S. The Morgan fingerprint density at radius 3 is 2.54 bits per heavy atom. The predicted octanol–water partition coefficient (Wildman–Crippen LogP) is 4.53. The zero-order valence-corrected chi connectivity index (χ0v) is 15.9. The molecular weight excluding hydrogens is 390 g/mol. The molecule has 1 N–H and O–H groups in total. The van der Waals surface area contributed by atoms with Gasteiger partial charge in [-0.15, -0.1) is 11.3 Å². The molecule has 0 saturated heterocycles. The third-order valence-corrected chi connectivity index (χ3v) is 5.13. The lowest BCUT2D eigenvalue weighted by atomic mass is 10.0. The van der Waals surface area contributed by atoms with Crippen molar-refractivity contribution in [2.24, 2.45) is 0 Å². The molecule has 3 aromatic rings. The maximum Gasteiger partial charge on any atom is 0.262 e. The summed E-state index contributed by atoms with van der Waals surface area (Å²) >= 11 is 4.87. The standard InChI is InChI=1S/C17H16BrN3O2S/c1-10-19-16(21-23-10)17(2,3)20-15(22)14-9-8-13(24-14)11-4-6-12(18)7-5-11/h4-9H,1-3H3,(H,20,22). The van der Waals surface area contributed by atoms with E-state index in [1.165, 1.54) is 11.3 Å². The van der Waals surface area contributed by atoms with Crippen LogP contribution in [0.1, 0.15) is 35.2 Å². The Bertz CT molecular complexity index is 868. The predicted molar refractivity (Wildman–Crippen MR) is 97.0 cm³/mol. The second-order valence-electron chi connectivity index (χ2n) is 5.89. The van der Waals surface area contributed by atoms with Crippen molar-refractivity contribution in [3.63, 3.8) is 0 Å². The second kappa shape index (κ2) is 6.49. The molecule has 1 aromatic carbocycles. The fourth-order valence-electron chi connectivity index (χ4n) is 2.18. The lowest BCUT2D eigenvalue weighted by molar-refractivity contribution is 0.0911. The number of carbonyl (C=O) groups is 1. The Morgan fingerprint density at radius 2 is 1.92 bits per heavy atom. The van der Waals surface area contributed by atoms with E-state index in [4.69, 9.17) is 4.52 Å². The molecule has 7 heteroatoms. The van der Waals surface area contributed by atoms with Crippen LogP contribution in [0.4, 0.5) is 0 Å². The molecule has 3 rings (SSSR count). The molecule has 0 fully saturated rings. The highest BCUT2D eigenvalue weighted by Crippen LogP contribution is 2.29. The molecule has 1 amide bonds. The van der Waals surface area contributed by atoms with Crippen LogP contribution < -0.4 is 5.32 Å². The van der Waals surface area contributed by atoms with E-state index < -0.39 is 5.54 Å². The van der Waals surface area contributed by atoms with E-state index in [1.54, 1.807) is 6.92 Å². The van der Waals surface area contributed by atoms with Gasteiger partial charge in [0, 0.05) is 16.3 Å². The summed E-state index contributed by atoms with van der Waals surface area (Å²) in [5.41, 5.74) is 0.367. The molecule has 5 nitrogen and oxygen atoms in total. The van der Waals surface area contributed by atoms with Gasteiger partial charge in [0.2, 0.25) is 5.89 Å². The fraction of sp³-hybridized carbons (Fsp3) is 0.235. The summed E-state index contributed by atoms with van der Waals surface area (Å²) in [6, 6.07) is 11.8. The summed E-state index contributed by atoms with van der Waals surface area (Å²) in [5.74, 6) is 0.773. The zero-order chi connectivity index (χ0) is 17.3. The van der Waals surface area contributed by atoms with Gasteiger partial charge in [-0.1, -0.05) is 33.2 Å². The number of aryl methyl sites for hydroxylation is 1. The lowest BCUT2D eigenvalue weighted by Gasteiger charge is -2.21. The van der Waals surface area contributed by atoms with Crippen LogP contribution in [0, 0.1) is 6.92 Å². The van der Waals surface area contributed by atoms with E-state index in [2.05, 4.69) is 31.4 Å². The summed E-state index contributed by atoms with van der Waals surface area (Å²) in [7, 11) is 0. The van der Waals surface area contributed by atoms with Crippen molar-refractivity contribution in [2.45, 2.75) is 26.3 Å². The van der Waals surface area contributed by atoms with Gasteiger partial charge in [0.25, 0.3) is 5.91 Å². The number of aromatic nitrogens is 2. The first-order valence-corrected chi connectivity index (χ1v) is 8.95. The van der Waals surface area contributed by atoms with Crippen LogP contribution in [0.3, 0.4) is 0 Å². The molecule has 0 aliphatic carbocycles. The number of halogens is 1. The quantitative estimate of drug-likeness (QED) is 0.691. The number of thiophene rings is 1. The number of nitrogens with zero attached hydrogens (tertiary/aromatic N) is 2. The van der Waals surface area contributed by atoms with Gasteiger partial charge in [-0.05, 0) is 43.7 Å². The molecule has 2 aromatic heterocycles. The van der Waals surface area contributed by atoms with Crippen LogP contribution in [0.15, 0.2) is 45.4 Å². The Labute approximate surface area is 152 Å². The largest absolute Gasteiger partial charge is 0.340 e. The smallest absolute Gasteiger partial charge is 0.262 e. The van der Waals surface area contributed by atoms with Crippen LogP contribution in [-0.2, 0) is 5.54 Å². The first-order valence-electron chi connectivity index (χ1n) is 7.34. The molecule has 0 atom stereocenters. The minimum atomic E-state index is -0.712. The average molecular weight is 406 g/mol. The normalized spacial score (nSPS) is 11.5. The van der Waals surface area contributed by atoms with Gasteiger partial charge in [-0.3, -0.25) is 4.79 Å². The van der Waals surface area contributed by atoms with Crippen molar-refractivity contribution in [1.29, 1.82) is 0 Å². The first-order chi connectivity index (χ1) is 11.3. The number of hydrogen-bond donors (Lipinski definition) is 1. The number of hydrogen-bond acceptors (Lipinski definition) is 5. The molecule has 0 spiro atoms. The lowest BCUT2D eigenvalue weighted by Crippen LogP contribution is -2.41. The number of rotatable bonds is 4. The molecule has 0 bridgehead atoms. The zero-order valence-electron chi connectivity index (χ0n) is 13.5. The molecule has 0 radical (unpaired) electrons. The van der Waals surface area contributed by atoms with Gasteiger partial charge >= 0.3 is 0 Å². The van der Waals surface area contributed by atoms with E-state index in [1.807, 2.05) is 50.2 Å². The second-order valence-corrected chi connectivity index (χ2v) is 7.89. The molecule has 0 aliphatic heterocycles. The monoisotopic (exact) mass is 405 g/mol. The van der Waals surface area contributed by atoms with Crippen LogP contribution in [0.25, 0.3) is 10.4 Å². The van der Waals surface area contributed by atoms with Gasteiger partial charge in [-0.2, -0.15) is 4.98 Å². The van der Waals surface area contributed by atoms with Gasteiger partial charge in [-0.25, -0.2) is 0 Å². The van der Waals surface area contributed by atoms with Crippen LogP contribution in [-0.4, -0.2) is 16.0 Å². The van der Waals surface area contributed by atoms with Crippen molar-refractivity contribution in [3.8, 4) is 10.4 Å². The highest BCUT2D eigenvalue weighted by molar-refractivity contribution is 9.10. The summed E-state index contributed by atoms with van der Waals surface area (Å²) in [6.07, 6.45) is 0. The average Bonchev–Trinajstić information content (AvgIpc) is 3.17. The van der Waals surface area contributed by atoms with E-state index >= 15 is 0 Å². The summed E-state index contributed by atoms with van der Waals surface area (Å²) in [4.78, 5) is 18.4. The van der Waals surface area contributed by atoms with Gasteiger partial charge in [0.05, 0.1) is 10.4 Å². The Balaban J connectivity index is 1.77. The maximum absolute atomic E-state index is 12.5. The Hall–Kier alpha value is -1.99. The number of nitrogens with one attached hydrogen (secondary N) is 1. The SMILES string of the molecule is Cc1nc(C(C)(C)NC(=O)c2ccc(-c3ccc(Br)cc3)s2)no1. The molecule has 0 saturated carbocycles. The summed E-state index contributed by atoms with van der Waals surface area (Å²) in [5, 5.41) is 6.85. The molecule has 24 heavy (non-hydrogen) atoms. The van der Waals surface area contributed by atoms with Gasteiger partial charge in [0.15, 0.2) is 5.82 Å². The molecule has 0 unspecified atom stereocenters. The number of amides is 1. The highest BCUT2D eigenvalue weighted by atomic mass is 79.9. The number of carbonyl (C=O) groups excluding carboxylic acids is 1. The highest BCUT2D eigenvalue weighted by Gasteiger charge is 2.29. The van der Waals surface area contributed by atoms with Crippen LogP contribution in [0.5, 0.6) is 0 Å². The Morgan fingerprint density at radius 1 is 1.21 bits per heavy atom. The van der Waals surface area contributed by atoms with E-state index in [0.717, 1.165) is 14.9 Å². The summed E-state index contributed by atoms with van der Waals surface area (Å²) in [6.45, 7) is 5.41. The third kappa shape index (κ3) is 3.57.